The van der Waals surface area contributed by atoms with E-state index >= 15 is 0 Å². The molecule has 194 valence electrons. The van der Waals surface area contributed by atoms with Gasteiger partial charge in [0, 0.05) is 24.6 Å². The monoisotopic (exact) mass is 495 g/mol. The number of hydrogen-bond donors (Lipinski definition) is 2. The van der Waals surface area contributed by atoms with Crippen molar-refractivity contribution in [2.75, 3.05) is 26.7 Å². The van der Waals surface area contributed by atoms with E-state index in [0.717, 1.165) is 37.2 Å². The number of ether oxygens (including phenoxy) is 1. The molecule has 9 nitrogen and oxygen atoms in total. The summed E-state index contributed by atoms with van der Waals surface area (Å²) in [6.45, 7) is 8.72. The minimum Gasteiger partial charge on any atom is -0.497 e. The number of rotatable bonds is 9. The van der Waals surface area contributed by atoms with E-state index in [1.54, 1.807) is 7.11 Å². The Balaban J connectivity index is 1.62. The van der Waals surface area contributed by atoms with E-state index in [9.17, 15) is 9.59 Å². The predicted octanol–water partition coefficient (Wildman–Crippen LogP) is 2.84. The van der Waals surface area contributed by atoms with Crippen molar-refractivity contribution in [2.45, 2.75) is 65.3 Å². The van der Waals surface area contributed by atoms with Gasteiger partial charge in [0.05, 0.1) is 18.4 Å². The zero-order chi connectivity index (χ0) is 25.7. The number of oxime groups is 1. The molecule has 1 amide bonds. The van der Waals surface area contributed by atoms with Crippen LogP contribution in [-0.4, -0.2) is 60.2 Å². The lowest BCUT2D eigenvalue weighted by Gasteiger charge is -2.27. The zero-order valence-electron chi connectivity index (χ0n) is 21.7. The van der Waals surface area contributed by atoms with Crippen molar-refractivity contribution in [3.8, 4) is 17.0 Å². The van der Waals surface area contributed by atoms with E-state index in [-0.39, 0.29) is 30.3 Å². The average Bonchev–Trinajstić information content (AvgIpc) is 3.33. The Hall–Kier alpha value is -3.33. The lowest BCUT2D eigenvalue weighted by Crippen LogP contribution is -2.41. The number of amides is 1. The molecule has 1 atom stereocenters. The van der Waals surface area contributed by atoms with Crippen molar-refractivity contribution in [1.29, 1.82) is 0 Å². The molecule has 1 saturated heterocycles. The Morgan fingerprint density at radius 1 is 1.25 bits per heavy atom. The topological polar surface area (TPSA) is 97.2 Å². The van der Waals surface area contributed by atoms with Crippen molar-refractivity contribution < 1.29 is 14.4 Å². The number of piperidine rings is 1. The molecule has 2 N–H and O–H groups in total. The number of carbonyl (C=O) groups is 1. The number of aromatic nitrogens is 1. The molecule has 0 saturated carbocycles. The van der Waals surface area contributed by atoms with Gasteiger partial charge in [0.15, 0.2) is 12.1 Å². The molecule has 2 aliphatic rings. The van der Waals surface area contributed by atoms with Gasteiger partial charge in [-0.1, -0.05) is 23.7 Å². The lowest BCUT2D eigenvalue weighted by atomic mass is 10.0. The lowest BCUT2D eigenvalue weighted by molar-refractivity contribution is -0.122. The Labute approximate surface area is 212 Å². The van der Waals surface area contributed by atoms with Crippen molar-refractivity contribution in [3.63, 3.8) is 0 Å². The number of methoxy groups -OCH3 is 1. The molecule has 9 heteroatoms. The third-order valence-corrected chi connectivity index (χ3v) is 6.58. The maximum atomic E-state index is 13.8. The highest BCUT2D eigenvalue weighted by molar-refractivity contribution is 6.00. The van der Waals surface area contributed by atoms with Crippen LogP contribution in [0.25, 0.3) is 11.3 Å². The molecular formula is C27H37N5O4. The molecular weight excluding hydrogens is 458 g/mol. The maximum Gasteiger partial charge on any atom is 0.262 e. The summed E-state index contributed by atoms with van der Waals surface area (Å²) in [5.74, 6) is 0.853. The molecule has 1 unspecified atom stereocenters. The van der Waals surface area contributed by atoms with Crippen LogP contribution in [0.2, 0.25) is 0 Å². The smallest absolute Gasteiger partial charge is 0.262 e. The Morgan fingerprint density at radius 3 is 2.75 bits per heavy atom. The van der Waals surface area contributed by atoms with Crippen LogP contribution in [0.4, 0.5) is 0 Å². The van der Waals surface area contributed by atoms with Crippen molar-refractivity contribution >= 4 is 11.7 Å². The third kappa shape index (κ3) is 6.07. The first-order valence-electron chi connectivity index (χ1n) is 12.8. The van der Waals surface area contributed by atoms with E-state index < -0.39 is 0 Å². The fourth-order valence-corrected chi connectivity index (χ4v) is 4.79. The van der Waals surface area contributed by atoms with Gasteiger partial charge in [0.1, 0.15) is 12.3 Å². The first-order chi connectivity index (χ1) is 17.4. The average molecular weight is 496 g/mol. The van der Waals surface area contributed by atoms with Gasteiger partial charge < -0.3 is 25.1 Å². The highest BCUT2D eigenvalue weighted by Gasteiger charge is 2.27. The van der Waals surface area contributed by atoms with Crippen LogP contribution in [0.1, 0.15) is 50.7 Å². The normalized spacial score (nSPS) is 17.9. The van der Waals surface area contributed by atoms with Gasteiger partial charge in [0.2, 0.25) is 5.91 Å². The number of carbonyl (C=O) groups excluding carboxylic acids is 1. The SMILES string of the molecule is COc1cccc(-c2cc(C)c(C3=NOC(CCN4CCCCC4)N3)c(=O)n2CC(=O)NC(C)C)c1. The summed E-state index contributed by atoms with van der Waals surface area (Å²) in [5.41, 5.74) is 2.30. The first kappa shape index (κ1) is 25.8. The van der Waals surface area contributed by atoms with Crippen molar-refractivity contribution in [2.24, 2.45) is 5.16 Å². The minimum atomic E-state index is -0.293. The van der Waals surface area contributed by atoms with Gasteiger partial charge in [-0.3, -0.25) is 14.2 Å². The summed E-state index contributed by atoms with van der Waals surface area (Å²) < 4.78 is 6.88. The molecule has 0 aliphatic carbocycles. The van der Waals surface area contributed by atoms with Crippen LogP contribution in [0.5, 0.6) is 5.75 Å². The molecule has 2 aliphatic heterocycles. The van der Waals surface area contributed by atoms with Gasteiger partial charge >= 0.3 is 0 Å². The molecule has 2 aromatic rings. The van der Waals surface area contributed by atoms with Gasteiger partial charge in [-0.2, -0.15) is 0 Å². The number of aryl methyl sites for hydroxylation is 1. The van der Waals surface area contributed by atoms with E-state index in [4.69, 9.17) is 9.57 Å². The second kappa shape index (κ2) is 11.6. The highest BCUT2D eigenvalue weighted by Crippen LogP contribution is 2.25. The van der Waals surface area contributed by atoms with Crippen LogP contribution >= 0.6 is 0 Å². The molecule has 0 bridgehead atoms. The molecule has 1 aromatic carbocycles. The number of hydrogen-bond acceptors (Lipinski definition) is 7. The molecule has 36 heavy (non-hydrogen) atoms. The van der Waals surface area contributed by atoms with Crippen molar-refractivity contribution in [1.82, 2.24) is 20.1 Å². The molecule has 3 heterocycles. The van der Waals surface area contributed by atoms with E-state index in [0.29, 0.717) is 22.8 Å². The van der Waals surface area contributed by atoms with Crippen LogP contribution < -0.4 is 20.9 Å². The number of amidine groups is 1. The number of pyridine rings is 1. The van der Waals surface area contributed by atoms with Crippen LogP contribution in [0.3, 0.4) is 0 Å². The number of nitrogens with one attached hydrogen (secondary N) is 2. The van der Waals surface area contributed by atoms with Gasteiger partial charge in [-0.05, 0) is 70.5 Å². The second-order valence-corrected chi connectivity index (χ2v) is 9.80. The number of benzene rings is 1. The molecule has 4 rings (SSSR count). The summed E-state index contributed by atoms with van der Waals surface area (Å²) in [6.07, 6.45) is 4.27. The Bertz CT molecular complexity index is 1170. The van der Waals surface area contributed by atoms with Gasteiger partial charge in [0.25, 0.3) is 5.56 Å². The number of likely N-dealkylation sites (tertiary alicyclic amines) is 1. The molecule has 1 fully saturated rings. The minimum absolute atomic E-state index is 0.0340. The molecule has 1 aromatic heterocycles. The molecule has 0 spiro atoms. The standard InChI is InChI=1S/C27H37N5O4/c1-18(2)28-23(33)17-32-22(20-9-8-10-21(16-20)35-4)15-19(3)25(27(32)34)26-29-24(36-30-26)11-14-31-12-6-5-7-13-31/h8-10,15-16,18,24H,5-7,11-14,17H2,1-4H3,(H,28,33)(H,29,30). The maximum absolute atomic E-state index is 13.8. The largest absolute Gasteiger partial charge is 0.497 e. The summed E-state index contributed by atoms with van der Waals surface area (Å²) in [6, 6.07) is 9.35. The quantitative estimate of drug-likeness (QED) is 0.555. The zero-order valence-corrected chi connectivity index (χ0v) is 21.7. The summed E-state index contributed by atoms with van der Waals surface area (Å²) in [7, 11) is 1.60. The fourth-order valence-electron chi connectivity index (χ4n) is 4.79. The van der Waals surface area contributed by atoms with E-state index in [2.05, 4.69) is 20.7 Å². The van der Waals surface area contributed by atoms with Gasteiger partial charge in [-0.25, -0.2) is 0 Å². The third-order valence-electron chi connectivity index (χ3n) is 6.58. The van der Waals surface area contributed by atoms with Crippen molar-refractivity contribution in [3.05, 3.63) is 51.8 Å². The summed E-state index contributed by atoms with van der Waals surface area (Å²) >= 11 is 0. The Kier molecular flexibility index (Phi) is 8.30. The fraction of sp³-hybridized carbons (Fsp3) is 0.519. The van der Waals surface area contributed by atoms with Crippen LogP contribution in [-0.2, 0) is 16.2 Å². The van der Waals surface area contributed by atoms with E-state index in [1.165, 1.54) is 23.8 Å². The van der Waals surface area contributed by atoms with Crippen LogP contribution in [0.15, 0.2) is 40.3 Å². The second-order valence-electron chi connectivity index (χ2n) is 9.80. The predicted molar refractivity (Wildman–Crippen MR) is 140 cm³/mol. The number of nitrogens with zero attached hydrogens (tertiary/aromatic N) is 3. The van der Waals surface area contributed by atoms with Crippen LogP contribution in [0, 0.1) is 6.92 Å². The summed E-state index contributed by atoms with van der Waals surface area (Å²) in [5, 5.41) is 10.4. The van der Waals surface area contributed by atoms with Gasteiger partial charge in [-0.15, -0.1) is 0 Å². The van der Waals surface area contributed by atoms with E-state index in [1.807, 2.05) is 51.1 Å². The highest BCUT2D eigenvalue weighted by atomic mass is 16.7. The molecule has 0 radical (unpaired) electrons. The Morgan fingerprint density at radius 2 is 2.03 bits per heavy atom. The first-order valence-corrected chi connectivity index (χ1v) is 12.8. The summed E-state index contributed by atoms with van der Waals surface area (Å²) in [4.78, 5) is 34.6.